The molecule has 1 aliphatic rings. The predicted octanol–water partition coefficient (Wildman–Crippen LogP) is 3.05. The van der Waals surface area contributed by atoms with Gasteiger partial charge >= 0.3 is 5.00 Å². The second-order valence-electron chi connectivity index (χ2n) is 4.20. The molecule has 2 rings (SSSR count). The van der Waals surface area contributed by atoms with Gasteiger partial charge in [-0.3, -0.25) is 14.9 Å². The molecular formula is C11H13BrN2O3S. The fourth-order valence-corrected chi connectivity index (χ4v) is 3.56. The maximum absolute atomic E-state index is 12.3. The van der Waals surface area contributed by atoms with Gasteiger partial charge in [0.1, 0.15) is 0 Å². The molecule has 1 aliphatic heterocycles. The number of carbonyl (C=O) groups is 1. The van der Waals surface area contributed by atoms with E-state index in [1.165, 1.54) is 6.07 Å². The van der Waals surface area contributed by atoms with E-state index < -0.39 is 4.92 Å². The number of nitrogens with zero attached hydrogens (tertiary/aromatic N) is 2. The predicted molar refractivity (Wildman–Crippen MR) is 73.4 cm³/mol. The Morgan fingerprint density at radius 2 is 2.33 bits per heavy atom. The lowest BCUT2D eigenvalue weighted by atomic mass is 10.0. The second kappa shape index (κ2) is 5.79. The Labute approximate surface area is 117 Å². The summed E-state index contributed by atoms with van der Waals surface area (Å²) in [6, 6.07) is 3.14. The average molecular weight is 333 g/mol. The third-order valence-electron chi connectivity index (χ3n) is 3.05. The van der Waals surface area contributed by atoms with Crippen molar-refractivity contribution in [1.29, 1.82) is 0 Å². The smallest absolute Gasteiger partial charge is 0.324 e. The van der Waals surface area contributed by atoms with Crippen LogP contribution in [0.15, 0.2) is 12.1 Å². The van der Waals surface area contributed by atoms with E-state index in [1.54, 1.807) is 6.07 Å². The molecule has 1 fully saturated rings. The number of amides is 1. The highest BCUT2D eigenvalue weighted by Crippen LogP contribution is 2.28. The average Bonchev–Trinajstić information content (AvgIpc) is 2.87. The molecule has 1 amide bonds. The summed E-state index contributed by atoms with van der Waals surface area (Å²) in [5.41, 5.74) is 0. The van der Waals surface area contributed by atoms with Crippen molar-refractivity contribution < 1.29 is 9.72 Å². The molecule has 0 saturated carbocycles. The molecule has 5 nitrogen and oxygen atoms in total. The van der Waals surface area contributed by atoms with Gasteiger partial charge in [0.2, 0.25) is 0 Å². The Kier molecular flexibility index (Phi) is 4.34. The molecule has 1 saturated heterocycles. The van der Waals surface area contributed by atoms with E-state index in [-0.39, 0.29) is 17.0 Å². The summed E-state index contributed by atoms with van der Waals surface area (Å²) in [5, 5.41) is 11.4. The number of hydrogen-bond acceptors (Lipinski definition) is 4. The zero-order valence-corrected chi connectivity index (χ0v) is 12.1. The van der Waals surface area contributed by atoms with Crippen LogP contribution in [0, 0.1) is 10.1 Å². The van der Waals surface area contributed by atoms with Crippen molar-refractivity contribution in [2.24, 2.45) is 0 Å². The molecule has 1 aromatic heterocycles. The largest absolute Gasteiger partial charge is 0.334 e. The van der Waals surface area contributed by atoms with Crippen molar-refractivity contribution in [3.63, 3.8) is 0 Å². The Morgan fingerprint density at radius 1 is 1.56 bits per heavy atom. The monoisotopic (exact) mass is 332 g/mol. The van der Waals surface area contributed by atoms with E-state index in [1.807, 2.05) is 4.90 Å². The van der Waals surface area contributed by atoms with Crippen LogP contribution < -0.4 is 0 Å². The molecule has 7 heteroatoms. The minimum atomic E-state index is -0.459. The number of piperidine rings is 1. The topological polar surface area (TPSA) is 63.4 Å². The van der Waals surface area contributed by atoms with E-state index in [9.17, 15) is 14.9 Å². The highest BCUT2D eigenvalue weighted by Gasteiger charge is 2.28. The number of hydrogen-bond donors (Lipinski definition) is 0. The zero-order valence-electron chi connectivity index (χ0n) is 9.67. The van der Waals surface area contributed by atoms with Crippen LogP contribution in [-0.4, -0.2) is 33.6 Å². The molecular weight excluding hydrogens is 320 g/mol. The van der Waals surface area contributed by atoms with Crippen LogP contribution in [0.2, 0.25) is 0 Å². The van der Waals surface area contributed by atoms with E-state index in [0.717, 1.165) is 42.5 Å². The van der Waals surface area contributed by atoms with Gasteiger partial charge in [0.15, 0.2) is 0 Å². The van der Waals surface area contributed by atoms with Crippen LogP contribution in [-0.2, 0) is 0 Å². The zero-order chi connectivity index (χ0) is 13.1. The van der Waals surface area contributed by atoms with Crippen LogP contribution in [0.1, 0.15) is 28.9 Å². The van der Waals surface area contributed by atoms with Gasteiger partial charge in [-0.2, -0.15) is 0 Å². The number of alkyl halides is 1. The van der Waals surface area contributed by atoms with Gasteiger partial charge in [0.05, 0.1) is 9.80 Å². The van der Waals surface area contributed by atoms with Crippen LogP contribution in [0.3, 0.4) is 0 Å². The summed E-state index contributed by atoms with van der Waals surface area (Å²) in [6.07, 6.45) is 3.12. The number of likely N-dealkylation sites (tertiary alicyclic amines) is 1. The van der Waals surface area contributed by atoms with Crippen LogP contribution in [0.5, 0.6) is 0 Å². The maximum Gasteiger partial charge on any atom is 0.324 e. The first kappa shape index (κ1) is 13.5. The Hall–Kier alpha value is -0.950. The quantitative estimate of drug-likeness (QED) is 0.485. The standard InChI is InChI=1S/C11H13BrN2O3S/c12-7-8-3-1-2-6-13(8)11(15)9-4-5-10(18-9)14(16)17/h4-5,8H,1-3,6-7H2. The fourth-order valence-electron chi connectivity index (χ4n) is 2.11. The maximum atomic E-state index is 12.3. The highest BCUT2D eigenvalue weighted by atomic mass is 79.9. The molecule has 0 bridgehead atoms. The Balaban J connectivity index is 2.15. The molecule has 0 radical (unpaired) electrons. The van der Waals surface area contributed by atoms with Gasteiger partial charge in [0.25, 0.3) is 5.91 Å². The molecule has 0 spiro atoms. The SMILES string of the molecule is O=C(c1ccc([N+](=O)[O-])s1)N1CCCCC1CBr. The summed E-state index contributed by atoms with van der Waals surface area (Å²) >= 11 is 4.37. The Morgan fingerprint density at radius 3 is 2.94 bits per heavy atom. The van der Waals surface area contributed by atoms with E-state index in [2.05, 4.69) is 15.9 Å². The molecule has 2 heterocycles. The summed E-state index contributed by atoms with van der Waals surface area (Å²) in [6.45, 7) is 0.737. The molecule has 1 aromatic rings. The van der Waals surface area contributed by atoms with Crippen LogP contribution in [0.25, 0.3) is 0 Å². The van der Waals surface area contributed by atoms with Crippen molar-refractivity contribution in [2.75, 3.05) is 11.9 Å². The van der Waals surface area contributed by atoms with Gasteiger partial charge in [-0.05, 0) is 25.3 Å². The lowest BCUT2D eigenvalue weighted by Crippen LogP contribution is -2.44. The number of carbonyl (C=O) groups excluding carboxylic acids is 1. The third kappa shape index (κ3) is 2.72. The van der Waals surface area contributed by atoms with Crippen LogP contribution in [0.4, 0.5) is 5.00 Å². The van der Waals surface area contributed by atoms with Gasteiger partial charge in [-0.1, -0.05) is 27.3 Å². The normalized spacial score (nSPS) is 19.8. The molecule has 1 atom stereocenters. The highest BCUT2D eigenvalue weighted by molar-refractivity contribution is 9.09. The third-order valence-corrected chi connectivity index (χ3v) is 4.82. The lowest BCUT2D eigenvalue weighted by molar-refractivity contribution is -0.380. The van der Waals surface area contributed by atoms with Crippen molar-refractivity contribution in [3.8, 4) is 0 Å². The lowest BCUT2D eigenvalue weighted by Gasteiger charge is -2.34. The minimum absolute atomic E-state index is 0.0192. The van der Waals surface area contributed by atoms with E-state index in [0.29, 0.717) is 4.88 Å². The number of nitro groups is 1. The summed E-state index contributed by atoms with van der Waals surface area (Å²) in [7, 11) is 0. The van der Waals surface area contributed by atoms with Crippen molar-refractivity contribution >= 4 is 38.2 Å². The molecule has 0 aliphatic carbocycles. The van der Waals surface area contributed by atoms with Crippen molar-refractivity contribution in [3.05, 3.63) is 27.1 Å². The number of thiophene rings is 1. The van der Waals surface area contributed by atoms with Gasteiger partial charge in [0, 0.05) is 24.0 Å². The molecule has 18 heavy (non-hydrogen) atoms. The van der Waals surface area contributed by atoms with Crippen molar-refractivity contribution in [2.45, 2.75) is 25.3 Å². The van der Waals surface area contributed by atoms with Crippen LogP contribution >= 0.6 is 27.3 Å². The first-order valence-corrected chi connectivity index (χ1v) is 7.68. The first-order chi connectivity index (χ1) is 8.63. The number of halogens is 1. The second-order valence-corrected chi connectivity index (χ2v) is 5.91. The van der Waals surface area contributed by atoms with Gasteiger partial charge in [-0.15, -0.1) is 0 Å². The molecule has 98 valence electrons. The summed E-state index contributed by atoms with van der Waals surface area (Å²) in [4.78, 5) is 24.7. The van der Waals surface area contributed by atoms with E-state index >= 15 is 0 Å². The first-order valence-electron chi connectivity index (χ1n) is 5.74. The molecule has 1 unspecified atom stereocenters. The van der Waals surface area contributed by atoms with Gasteiger partial charge < -0.3 is 4.90 Å². The van der Waals surface area contributed by atoms with Crippen molar-refractivity contribution in [1.82, 2.24) is 4.90 Å². The minimum Gasteiger partial charge on any atom is -0.334 e. The summed E-state index contributed by atoms with van der Waals surface area (Å²) in [5.74, 6) is -0.0859. The molecule has 0 aromatic carbocycles. The number of rotatable bonds is 3. The van der Waals surface area contributed by atoms with E-state index in [4.69, 9.17) is 0 Å². The fraction of sp³-hybridized carbons (Fsp3) is 0.545. The Bertz CT molecular complexity index is 463. The van der Waals surface area contributed by atoms with Gasteiger partial charge in [-0.25, -0.2) is 0 Å². The molecule has 0 N–H and O–H groups in total. The summed E-state index contributed by atoms with van der Waals surface area (Å²) < 4.78 is 0.